The number of hydrogen-bond donors (Lipinski definition) is 1. The molecule has 0 aliphatic carbocycles. The SMILES string of the molecule is CC(C)CC(CC(C)C)(C(=O)O)C(C)(C)C. The average molecular weight is 228 g/mol. The molecule has 0 amide bonds. The molecule has 0 spiro atoms. The Morgan fingerprint density at radius 3 is 1.44 bits per heavy atom. The van der Waals surface area contributed by atoms with Gasteiger partial charge in [0.1, 0.15) is 0 Å². The fourth-order valence-corrected chi connectivity index (χ4v) is 2.58. The summed E-state index contributed by atoms with van der Waals surface area (Å²) in [5.74, 6) is 0.186. The van der Waals surface area contributed by atoms with Gasteiger partial charge < -0.3 is 5.11 Å². The summed E-state index contributed by atoms with van der Waals surface area (Å²) in [6.45, 7) is 14.5. The van der Waals surface area contributed by atoms with Crippen molar-refractivity contribution in [2.24, 2.45) is 22.7 Å². The molecule has 0 aliphatic heterocycles. The minimum atomic E-state index is -0.637. The van der Waals surface area contributed by atoms with E-state index >= 15 is 0 Å². The van der Waals surface area contributed by atoms with E-state index in [-0.39, 0.29) is 5.41 Å². The van der Waals surface area contributed by atoms with Crippen molar-refractivity contribution in [2.75, 3.05) is 0 Å². The molecule has 0 rings (SSSR count). The Hall–Kier alpha value is -0.530. The fraction of sp³-hybridized carbons (Fsp3) is 0.929. The molecule has 0 unspecified atom stereocenters. The minimum absolute atomic E-state index is 0.201. The Morgan fingerprint density at radius 2 is 1.31 bits per heavy atom. The van der Waals surface area contributed by atoms with Crippen LogP contribution in [0.4, 0.5) is 0 Å². The summed E-state index contributed by atoms with van der Waals surface area (Å²) in [5.41, 5.74) is -0.803. The predicted octanol–water partition coefficient (Wildman–Crippen LogP) is 4.20. The molecule has 0 saturated heterocycles. The highest BCUT2D eigenvalue weighted by Gasteiger charge is 2.48. The number of hydrogen-bond acceptors (Lipinski definition) is 1. The summed E-state index contributed by atoms with van der Waals surface area (Å²) in [6.07, 6.45) is 1.51. The van der Waals surface area contributed by atoms with Gasteiger partial charge >= 0.3 is 5.97 Å². The van der Waals surface area contributed by atoms with Gasteiger partial charge in [0.15, 0.2) is 0 Å². The van der Waals surface area contributed by atoms with E-state index < -0.39 is 11.4 Å². The third kappa shape index (κ3) is 3.50. The highest BCUT2D eigenvalue weighted by Crippen LogP contribution is 2.48. The van der Waals surface area contributed by atoms with Gasteiger partial charge in [-0.25, -0.2) is 0 Å². The molecule has 0 fully saturated rings. The first kappa shape index (κ1) is 15.5. The second-order valence-electron chi connectivity index (χ2n) is 6.83. The van der Waals surface area contributed by atoms with E-state index in [1.54, 1.807) is 0 Å². The molecule has 0 aromatic carbocycles. The number of rotatable bonds is 5. The topological polar surface area (TPSA) is 37.3 Å². The molecule has 0 aliphatic rings. The van der Waals surface area contributed by atoms with Crippen LogP contribution in [0.1, 0.15) is 61.3 Å². The quantitative estimate of drug-likeness (QED) is 0.766. The van der Waals surface area contributed by atoms with Crippen molar-refractivity contribution in [1.29, 1.82) is 0 Å². The highest BCUT2D eigenvalue weighted by atomic mass is 16.4. The zero-order valence-corrected chi connectivity index (χ0v) is 11.9. The summed E-state index contributed by atoms with van der Waals surface area (Å²) in [5, 5.41) is 9.66. The van der Waals surface area contributed by atoms with E-state index in [2.05, 4.69) is 27.7 Å². The lowest BCUT2D eigenvalue weighted by Gasteiger charge is -2.43. The summed E-state index contributed by atoms with van der Waals surface area (Å²) in [6, 6.07) is 0. The van der Waals surface area contributed by atoms with Crippen LogP contribution in [0.15, 0.2) is 0 Å². The van der Waals surface area contributed by atoms with Crippen LogP contribution >= 0.6 is 0 Å². The van der Waals surface area contributed by atoms with E-state index in [1.165, 1.54) is 0 Å². The summed E-state index contributed by atoms with van der Waals surface area (Å²) < 4.78 is 0. The molecular weight excluding hydrogens is 200 g/mol. The van der Waals surface area contributed by atoms with Gasteiger partial charge in [0.2, 0.25) is 0 Å². The molecule has 0 aromatic heterocycles. The molecule has 0 atom stereocenters. The van der Waals surface area contributed by atoms with Crippen LogP contribution in [0.3, 0.4) is 0 Å². The average Bonchev–Trinajstić information content (AvgIpc) is 1.97. The smallest absolute Gasteiger partial charge is 0.310 e. The molecule has 2 nitrogen and oxygen atoms in total. The first-order chi connectivity index (χ1) is 7.03. The Balaban J connectivity index is 5.31. The molecule has 0 saturated carbocycles. The van der Waals surface area contributed by atoms with E-state index in [4.69, 9.17) is 0 Å². The van der Waals surface area contributed by atoms with Crippen LogP contribution in [-0.4, -0.2) is 11.1 Å². The summed E-state index contributed by atoms with van der Waals surface area (Å²) in [4.78, 5) is 11.7. The van der Waals surface area contributed by atoms with Crippen LogP contribution in [0.25, 0.3) is 0 Å². The van der Waals surface area contributed by atoms with Crippen molar-refractivity contribution in [3.63, 3.8) is 0 Å². The molecule has 16 heavy (non-hydrogen) atoms. The van der Waals surface area contributed by atoms with Crippen molar-refractivity contribution in [1.82, 2.24) is 0 Å². The molecule has 0 radical (unpaired) electrons. The maximum atomic E-state index is 11.7. The Morgan fingerprint density at radius 1 is 1.00 bits per heavy atom. The third-order valence-electron chi connectivity index (χ3n) is 3.36. The van der Waals surface area contributed by atoms with Crippen LogP contribution < -0.4 is 0 Å². The second-order valence-corrected chi connectivity index (χ2v) is 6.83. The van der Waals surface area contributed by atoms with Gasteiger partial charge in [-0.05, 0) is 30.1 Å². The Kier molecular flexibility index (Phi) is 5.03. The lowest BCUT2D eigenvalue weighted by atomic mass is 9.59. The van der Waals surface area contributed by atoms with Gasteiger partial charge in [-0.3, -0.25) is 4.79 Å². The summed E-state index contributed by atoms with van der Waals surface area (Å²) in [7, 11) is 0. The molecule has 0 heterocycles. The highest BCUT2D eigenvalue weighted by molar-refractivity contribution is 5.75. The Labute approximate surface area is 100 Å². The van der Waals surface area contributed by atoms with Crippen molar-refractivity contribution in [2.45, 2.75) is 61.3 Å². The van der Waals surface area contributed by atoms with E-state index in [1.807, 2.05) is 20.8 Å². The second kappa shape index (κ2) is 5.20. The van der Waals surface area contributed by atoms with E-state index in [0.29, 0.717) is 11.8 Å². The fourth-order valence-electron chi connectivity index (χ4n) is 2.58. The monoisotopic (exact) mass is 228 g/mol. The van der Waals surface area contributed by atoms with Crippen LogP contribution in [-0.2, 0) is 4.79 Å². The van der Waals surface area contributed by atoms with E-state index in [9.17, 15) is 9.90 Å². The summed E-state index contributed by atoms with van der Waals surface area (Å²) >= 11 is 0. The van der Waals surface area contributed by atoms with Crippen molar-refractivity contribution in [3.8, 4) is 0 Å². The van der Waals surface area contributed by atoms with Crippen LogP contribution in [0.5, 0.6) is 0 Å². The van der Waals surface area contributed by atoms with Crippen molar-refractivity contribution in [3.05, 3.63) is 0 Å². The van der Waals surface area contributed by atoms with Crippen LogP contribution in [0, 0.1) is 22.7 Å². The third-order valence-corrected chi connectivity index (χ3v) is 3.36. The number of carboxylic acid groups (broad SMARTS) is 1. The van der Waals surface area contributed by atoms with Crippen LogP contribution in [0.2, 0.25) is 0 Å². The van der Waals surface area contributed by atoms with Gasteiger partial charge in [0.05, 0.1) is 5.41 Å². The first-order valence-electron chi connectivity index (χ1n) is 6.26. The molecule has 0 bridgehead atoms. The number of aliphatic carboxylic acids is 1. The van der Waals surface area contributed by atoms with Gasteiger partial charge in [-0.2, -0.15) is 0 Å². The van der Waals surface area contributed by atoms with Gasteiger partial charge in [0, 0.05) is 0 Å². The van der Waals surface area contributed by atoms with Crippen molar-refractivity contribution < 1.29 is 9.90 Å². The Bertz CT molecular complexity index is 224. The van der Waals surface area contributed by atoms with Crippen molar-refractivity contribution >= 4 is 5.97 Å². The van der Waals surface area contributed by atoms with E-state index in [0.717, 1.165) is 12.8 Å². The lowest BCUT2D eigenvalue weighted by Crippen LogP contribution is -2.45. The zero-order chi connectivity index (χ0) is 13.1. The molecule has 2 heteroatoms. The number of carboxylic acids is 1. The standard InChI is InChI=1S/C14H28O2/c1-10(2)8-14(12(15)16,9-11(3)4)13(5,6)7/h10-11H,8-9H2,1-7H3,(H,15,16). The first-order valence-corrected chi connectivity index (χ1v) is 6.26. The molecule has 96 valence electrons. The maximum Gasteiger partial charge on any atom is 0.310 e. The zero-order valence-electron chi connectivity index (χ0n) is 11.9. The van der Waals surface area contributed by atoms with Gasteiger partial charge in [-0.1, -0.05) is 48.5 Å². The largest absolute Gasteiger partial charge is 0.481 e. The van der Waals surface area contributed by atoms with Gasteiger partial charge in [0.25, 0.3) is 0 Å². The minimum Gasteiger partial charge on any atom is -0.481 e. The lowest BCUT2D eigenvalue weighted by molar-refractivity contribution is -0.160. The molecular formula is C14H28O2. The normalized spacial score (nSPS) is 13.6. The molecule has 0 aromatic rings. The molecule has 1 N–H and O–H groups in total. The maximum absolute atomic E-state index is 11.7. The number of carbonyl (C=O) groups is 1. The predicted molar refractivity (Wildman–Crippen MR) is 68.4 cm³/mol. The van der Waals surface area contributed by atoms with Gasteiger partial charge in [-0.15, -0.1) is 0 Å².